The summed E-state index contributed by atoms with van der Waals surface area (Å²) >= 11 is 0. The van der Waals surface area contributed by atoms with Gasteiger partial charge in [-0.25, -0.2) is 9.59 Å². The van der Waals surface area contributed by atoms with Gasteiger partial charge in [-0.1, -0.05) is 6.58 Å². The predicted octanol–water partition coefficient (Wildman–Crippen LogP) is 0.281. The van der Waals surface area contributed by atoms with Gasteiger partial charge in [0.25, 0.3) is 0 Å². The summed E-state index contributed by atoms with van der Waals surface area (Å²) in [7, 11) is 0. The van der Waals surface area contributed by atoms with Gasteiger partial charge in [0.2, 0.25) is 0 Å². The zero-order chi connectivity index (χ0) is 11.7. The molecule has 14 heavy (non-hydrogen) atoms. The molecule has 80 valence electrons. The van der Waals surface area contributed by atoms with Gasteiger partial charge in [0.15, 0.2) is 6.61 Å². The van der Waals surface area contributed by atoms with Crippen LogP contribution < -0.4 is 0 Å². The van der Waals surface area contributed by atoms with E-state index in [1.54, 1.807) is 0 Å². The van der Waals surface area contributed by atoms with Crippen molar-refractivity contribution in [1.29, 1.82) is 0 Å². The van der Waals surface area contributed by atoms with Crippen LogP contribution in [0.25, 0.3) is 0 Å². The Hall–Kier alpha value is -1.85. The van der Waals surface area contributed by atoms with Gasteiger partial charge in [-0.15, -0.1) is 0 Å². The summed E-state index contributed by atoms with van der Waals surface area (Å²) in [6, 6.07) is 0. The minimum Gasteiger partial charge on any atom is -0.479 e. The molecular weight excluding hydrogens is 192 g/mol. The molecule has 0 aromatic carbocycles. The topological polar surface area (TPSA) is 101 Å². The fraction of sp³-hybridized carbons (Fsp3) is 0.375. The van der Waals surface area contributed by atoms with E-state index in [0.717, 1.165) is 6.92 Å². The van der Waals surface area contributed by atoms with Gasteiger partial charge in [-0.05, 0) is 6.92 Å². The van der Waals surface area contributed by atoms with Crippen LogP contribution in [0.3, 0.4) is 0 Å². The monoisotopic (exact) mass is 204 g/mol. The third-order valence-electron chi connectivity index (χ3n) is 0.764. The molecule has 0 aliphatic rings. The Morgan fingerprint density at radius 1 is 1.21 bits per heavy atom. The first-order chi connectivity index (χ1) is 6.27. The number of hydrogen-bond acceptors (Lipinski definition) is 4. The number of carboxylic acids is 2. The molecule has 0 amide bonds. The van der Waals surface area contributed by atoms with E-state index in [2.05, 4.69) is 11.3 Å². The molecule has 2 N–H and O–H groups in total. The van der Waals surface area contributed by atoms with Crippen LogP contribution in [0.1, 0.15) is 13.8 Å². The highest BCUT2D eigenvalue weighted by Crippen LogP contribution is 1.81. The average molecular weight is 204 g/mol. The summed E-state index contributed by atoms with van der Waals surface area (Å²) in [6.45, 7) is 5.21. The van der Waals surface area contributed by atoms with Crippen LogP contribution >= 0.6 is 0 Å². The lowest BCUT2D eigenvalue weighted by molar-refractivity contribution is -0.153. The first-order valence-electron chi connectivity index (χ1n) is 3.51. The quantitative estimate of drug-likeness (QED) is 0.505. The van der Waals surface area contributed by atoms with E-state index in [1.165, 1.54) is 6.92 Å². The van der Waals surface area contributed by atoms with Crippen LogP contribution in [0.15, 0.2) is 12.2 Å². The van der Waals surface area contributed by atoms with Gasteiger partial charge in [0.05, 0.1) is 0 Å². The summed E-state index contributed by atoms with van der Waals surface area (Å²) in [5, 5.41) is 15.8. The normalized spacial score (nSPS) is 7.86. The van der Waals surface area contributed by atoms with Crippen molar-refractivity contribution < 1.29 is 29.3 Å². The van der Waals surface area contributed by atoms with Gasteiger partial charge < -0.3 is 14.9 Å². The van der Waals surface area contributed by atoms with Crippen LogP contribution in [-0.4, -0.2) is 34.7 Å². The highest BCUT2D eigenvalue weighted by Gasteiger charge is 1.97. The van der Waals surface area contributed by atoms with E-state index >= 15 is 0 Å². The van der Waals surface area contributed by atoms with Crippen LogP contribution in [-0.2, 0) is 19.1 Å². The molecule has 6 heteroatoms. The van der Waals surface area contributed by atoms with E-state index in [9.17, 15) is 14.4 Å². The van der Waals surface area contributed by atoms with Gasteiger partial charge >= 0.3 is 17.9 Å². The zero-order valence-corrected chi connectivity index (χ0v) is 7.94. The molecule has 0 unspecified atom stereocenters. The molecule has 0 aromatic heterocycles. The standard InChI is InChI=1S/C4H6O4.C4H6O2/c1-3(5)8-2-4(6)7;1-3(2)4(5)6/h2H2,1H3,(H,6,7);1H2,2H3,(H,5,6). The van der Waals surface area contributed by atoms with Crippen molar-refractivity contribution in [3.8, 4) is 0 Å². The molecule has 0 saturated carbocycles. The third-order valence-corrected chi connectivity index (χ3v) is 0.764. The smallest absolute Gasteiger partial charge is 0.341 e. The lowest BCUT2D eigenvalue weighted by Crippen LogP contribution is -2.09. The molecule has 0 aromatic rings. The minimum absolute atomic E-state index is 0.176. The van der Waals surface area contributed by atoms with Crippen molar-refractivity contribution >= 4 is 17.9 Å². The Balaban J connectivity index is 0. The summed E-state index contributed by atoms with van der Waals surface area (Å²) in [5.74, 6) is -2.65. The molecule has 0 radical (unpaired) electrons. The SMILES string of the molecule is C=C(C)C(=O)O.CC(=O)OCC(=O)O. The molecule has 0 spiro atoms. The molecule has 0 fully saturated rings. The van der Waals surface area contributed by atoms with Crippen molar-refractivity contribution in [2.24, 2.45) is 0 Å². The number of ether oxygens (including phenoxy) is 1. The largest absolute Gasteiger partial charge is 0.479 e. The van der Waals surface area contributed by atoms with E-state index in [0.29, 0.717) is 0 Å². The van der Waals surface area contributed by atoms with Crippen molar-refractivity contribution in [1.82, 2.24) is 0 Å². The molecule has 0 atom stereocenters. The molecule has 0 bridgehead atoms. The fourth-order valence-corrected chi connectivity index (χ4v) is 0.163. The highest BCUT2D eigenvalue weighted by molar-refractivity contribution is 5.84. The molecule has 0 rings (SSSR count). The van der Waals surface area contributed by atoms with Gasteiger partial charge in [-0.2, -0.15) is 0 Å². The van der Waals surface area contributed by atoms with E-state index in [1.807, 2.05) is 0 Å². The van der Waals surface area contributed by atoms with E-state index in [4.69, 9.17) is 10.2 Å². The maximum Gasteiger partial charge on any atom is 0.341 e. The lowest BCUT2D eigenvalue weighted by Gasteiger charge is -1.92. The van der Waals surface area contributed by atoms with E-state index in [-0.39, 0.29) is 5.57 Å². The number of hydrogen-bond donors (Lipinski definition) is 2. The molecule has 0 aliphatic carbocycles. The Morgan fingerprint density at radius 3 is 1.64 bits per heavy atom. The molecule has 0 saturated heterocycles. The average Bonchev–Trinajstić information content (AvgIpc) is 2.01. The number of carbonyl (C=O) groups excluding carboxylic acids is 1. The highest BCUT2D eigenvalue weighted by atomic mass is 16.5. The Labute approximate surface area is 80.8 Å². The third kappa shape index (κ3) is 16.6. The second kappa shape index (κ2) is 7.78. The second-order valence-electron chi connectivity index (χ2n) is 2.26. The maximum absolute atomic E-state index is 9.86. The molecular formula is C8H12O6. The number of rotatable bonds is 3. The van der Waals surface area contributed by atoms with Gasteiger partial charge in [0.1, 0.15) is 0 Å². The van der Waals surface area contributed by atoms with E-state index < -0.39 is 24.5 Å². The number of aliphatic carboxylic acids is 2. The maximum atomic E-state index is 9.86. The summed E-state index contributed by atoms with van der Waals surface area (Å²) in [5.41, 5.74) is 0.176. The van der Waals surface area contributed by atoms with Crippen LogP contribution in [0.2, 0.25) is 0 Å². The van der Waals surface area contributed by atoms with Crippen molar-refractivity contribution in [3.05, 3.63) is 12.2 Å². The van der Waals surface area contributed by atoms with Crippen LogP contribution in [0.5, 0.6) is 0 Å². The Bertz CT molecular complexity index is 216. The first-order valence-corrected chi connectivity index (χ1v) is 3.51. The lowest BCUT2D eigenvalue weighted by atomic mass is 10.4. The second-order valence-corrected chi connectivity index (χ2v) is 2.26. The molecule has 0 aliphatic heterocycles. The number of carboxylic acid groups (broad SMARTS) is 2. The van der Waals surface area contributed by atoms with Crippen molar-refractivity contribution in [2.45, 2.75) is 13.8 Å². The Morgan fingerprint density at radius 2 is 1.57 bits per heavy atom. The summed E-state index contributed by atoms with van der Waals surface area (Å²) in [4.78, 5) is 29.1. The predicted molar refractivity (Wildman–Crippen MR) is 46.7 cm³/mol. The van der Waals surface area contributed by atoms with Gasteiger partial charge in [-0.3, -0.25) is 4.79 Å². The zero-order valence-electron chi connectivity index (χ0n) is 7.94. The molecule has 0 heterocycles. The first kappa shape index (κ1) is 14.7. The van der Waals surface area contributed by atoms with Crippen LogP contribution in [0.4, 0.5) is 0 Å². The van der Waals surface area contributed by atoms with Crippen LogP contribution in [0, 0.1) is 0 Å². The number of carbonyl (C=O) groups is 3. The van der Waals surface area contributed by atoms with Crippen molar-refractivity contribution in [2.75, 3.05) is 6.61 Å². The fourth-order valence-electron chi connectivity index (χ4n) is 0.163. The number of esters is 1. The van der Waals surface area contributed by atoms with Gasteiger partial charge in [0, 0.05) is 12.5 Å². The Kier molecular flexibility index (Phi) is 8.15. The molecule has 6 nitrogen and oxygen atoms in total. The minimum atomic E-state index is -1.14. The summed E-state index contributed by atoms with van der Waals surface area (Å²) < 4.78 is 4.06. The van der Waals surface area contributed by atoms with Crippen molar-refractivity contribution in [3.63, 3.8) is 0 Å². The summed E-state index contributed by atoms with van der Waals surface area (Å²) in [6.07, 6.45) is 0.